The summed E-state index contributed by atoms with van der Waals surface area (Å²) in [5.41, 5.74) is 1.41. The Labute approximate surface area is 174 Å². The average Bonchev–Trinajstić information content (AvgIpc) is 2.61. The molecule has 0 saturated carbocycles. The number of ether oxygens (including phenoxy) is 2. The Kier molecular flexibility index (Phi) is 8.87. The SMILES string of the molecule is CCOc1cc(CNCCC(C)C)c(Br)cc1OCc1c(F)cccc1Cl. The van der Waals surface area contributed by atoms with Crippen molar-refractivity contribution in [1.82, 2.24) is 5.32 Å². The Morgan fingerprint density at radius 1 is 1.19 bits per heavy atom. The smallest absolute Gasteiger partial charge is 0.162 e. The number of hydrogen-bond donors (Lipinski definition) is 1. The maximum absolute atomic E-state index is 14.0. The van der Waals surface area contributed by atoms with Crippen molar-refractivity contribution in [3.63, 3.8) is 0 Å². The summed E-state index contributed by atoms with van der Waals surface area (Å²) in [6.45, 7) is 8.56. The van der Waals surface area contributed by atoms with Crippen LogP contribution in [0.3, 0.4) is 0 Å². The van der Waals surface area contributed by atoms with Gasteiger partial charge in [-0.2, -0.15) is 0 Å². The average molecular weight is 459 g/mol. The molecule has 6 heteroatoms. The Hall–Kier alpha value is -1.30. The summed E-state index contributed by atoms with van der Waals surface area (Å²) in [6, 6.07) is 8.41. The molecule has 0 aliphatic heterocycles. The van der Waals surface area contributed by atoms with E-state index in [-0.39, 0.29) is 12.4 Å². The minimum atomic E-state index is -0.384. The fourth-order valence-electron chi connectivity index (χ4n) is 2.53. The first-order chi connectivity index (χ1) is 12.9. The second-order valence-electron chi connectivity index (χ2n) is 6.67. The molecule has 0 atom stereocenters. The van der Waals surface area contributed by atoms with E-state index in [2.05, 4.69) is 35.1 Å². The lowest BCUT2D eigenvalue weighted by Crippen LogP contribution is -2.16. The highest BCUT2D eigenvalue weighted by Crippen LogP contribution is 2.35. The van der Waals surface area contributed by atoms with Crippen LogP contribution in [-0.4, -0.2) is 13.2 Å². The lowest BCUT2D eigenvalue weighted by atomic mass is 10.1. The topological polar surface area (TPSA) is 30.5 Å². The van der Waals surface area contributed by atoms with E-state index in [1.54, 1.807) is 12.1 Å². The van der Waals surface area contributed by atoms with E-state index < -0.39 is 0 Å². The van der Waals surface area contributed by atoms with Gasteiger partial charge in [0.15, 0.2) is 11.5 Å². The first kappa shape index (κ1) is 22.0. The zero-order valence-corrected chi connectivity index (χ0v) is 18.3. The van der Waals surface area contributed by atoms with Crippen molar-refractivity contribution in [1.29, 1.82) is 0 Å². The van der Waals surface area contributed by atoms with Crippen molar-refractivity contribution >= 4 is 27.5 Å². The van der Waals surface area contributed by atoms with Gasteiger partial charge < -0.3 is 14.8 Å². The molecule has 0 aromatic heterocycles. The Morgan fingerprint density at radius 3 is 2.59 bits per heavy atom. The highest BCUT2D eigenvalue weighted by Gasteiger charge is 2.13. The van der Waals surface area contributed by atoms with Crippen LogP contribution < -0.4 is 14.8 Å². The number of benzene rings is 2. The number of hydrogen-bond acceptors (Lipinski definition) is 3. The van der Waals surface area contributed by atoms with E-state index in [0.29, 0.717) is 34.6 Å². The summed E-state index contributed by atoms with van der Waals surface area (Å²) in [5.74, 6) is 1.47. The van der Waals surface area contributed by atoms with Crippen LogP contribution in [0.2, 0.25) is 5.02 Å². The zero-order valence-electron chi connectivity index (χ0n) is 16.0. The quantitative estimate of drug-likeness (QED) is 0.420. The van der Waals surface area contributed by atoms with Crippen LogP contribution in [0.15, 0.2) is 34.8 Å². The van der Waals surface area contributed by atoms with Gasteiger partial charge in [-0.3, -0.25) is 0 Å². The molecule has 2 aromatic carbocycles. The van der Waals surface area contributed by atoms with Gasteiger partial charge in [0, 0.05) is 16.6 Å². The summed E-state index contributed by atoms with van der Waals surface area (Å²) in [4.78, 5) is 0. The van der Waals surface area contributed by atoms with Crippen molar-refractivity contribution in [2.75, 3.05) is 13.2 Å². The Morgan fingerprint density at radius 2 is 1.93 bits per heavy atom. The summed E-state index contributed by atoms with van der Waals surface area (Å²) in [5, 5.41) is 3.79. The first-order valence-corrected chi connectivity index (χ1v) is 10.3. The third-order valence-corrected chi connectivity index (χ3v) is 5.15. The van der Waals surface area contributed by atoms with Gasteiger partial charge >= 0.3 is 0 Å². The van der Waals surface area contributed by atoms with Crippen LogP contribution >= 0.6 is 27.5 Å². The van der Waals surface area contributed by atoms with Crippen molar-refractivity contribution in [3.8, 4) is 11.5 Å². The maximum Gasteiger partial charge on any atom is 0.162 e. The van der Waals surface area contributed by atoms with E-state index in [0.717, 1.165) is 29.5 Å². The van der Waals surface area contributed by atoms with Crippen molar-refractivity contribution in [2.24, 2.45) is 5.92 Å². The molecule has 27 heavy (non-hydrogen) atoms. The molecule has 0 fully saturated rings. The van der Waals surface area contributed by atoms with Crippen LogP contribution in [0.25, 0.3) is 0 Å². The van der Waals surface area contributed by atoms with E-state index in [1.165, 1.54) is 6.07 Å². The molecule has 0 amide bonds. The molecule has 2 aromatic rings. The lowest BCUT2D eigenvalue weighted by molar-refractivity contribution is 0.265. The van der Waals surface area contributed by atoms with Gasteiger partial charge in [-0.1, -0.05) is 47.4 Å². The van der Waals surface area contributed by atoms with Gasteiger partial charge in [0.1, 0.15) is 12.4 Å². The van der Waals surface area contributed by atoms with Gasteiger partial charge in [0.05, 0.1) is 11.6 Å². The number of nitrogens with one attached hydrogen (secondary N) is 1. The molecule has 1 N–H and O–H groups in total. The maximum atomic E-state index is 14.0. The molecule has 3 nitrogen and oxygen atoms in total. The van der Waals surface area contributed by atoms with Gasteiger partial charge in [-0.15, -0.1) is 0 Å². The second kappa shape index (κ2) is 10.9. The fraction of sp³-hybridized carbons (Fsp3) is 0.429. The summed E-state index contributed by atoms with van der Waals surface area (Å²) >= 11 is 9.67. The van der Waals surface area contributed by atoms with Crippen molar-refractivity contribution in [3.05, 3.63) is 56.8 Å². The van der Waals surface area contributed by atoms with Gasteiger partial charge in [-0.25, -0.2) is 4.39 Å². The highest BCUT2D eigenvalue weighted by atomic mass is 79.9. The molecule has 0 unspecified atom stereocenters. The molecule has 0 aliphatic rings. The molecule has 2 rings (SSSR count). The normalized spacial score (nSPS) is 11.1. The molecule has 0 radical (unpaired) electrons. The third kappa shape index (κ3) is 6.66. The third-order valence-electron chi connectivity index (χ3n) is 4.06. The molecule has 148 valence electrons. The molecular weight excluding hydrogens is 433 g/mol. The number of halogens is 3. The molecular formula is C21H26BrClFNO2. The molecule has 0 bridgehead atoms. The van der Waals surface area contributed by atoms with Gasteiger partial charge in [-0.05, 0) is 55.6 Å². The standard InChI is InChI=1S/C21H26BrClFNO2/c1-4-26-20-10-15(12-25-9-8-14(2)3)17(22)11-21(20)27-13-16-18(23)6-5-7-19(16)24/h5-7,10-11,14,25H,4,8-9,12-13H2,1-3H3. The van der Waals surface area contributed by atoms with Crippen LogP contribution in [-0.2, 0) is 13.2 Å². The lowest BCUT2D eigenvalue weighted by Gasteiger charge is -2.16. The summed E-state index contributed by atoms with van der Waals surface area (Å²) < 4.78 is 26.4. The Balaban J connectivity index is 2.12. The summed E-state index contributed by atoms with van der Waals surface area (Å²) in [6.07, 6.45) is 1.13. The van der Waals surface area contributed by atoms with Gasteiger partial charge in [0.25, 0.3) is 0 Å². The van der Waals surface area contributed by atoms with E-state index in [9.17, 15) is 4.39 Å². The summed E-state index contributed by atoms with van der Waals surface area (Å²) in [7, 11) is 0. The minimum absolute atomic E-state index is 0.0318. The fourth-order valence-corrected chi connectivity index (χ4v) is 3.21. The monoisotopic (exact) mass is 457 g/mol. The van der Waals surface area contributed by atoms with Crippen molar-refractivity contribution in [2.45, 2.75) is 40.3 Å². The van der Waals surface area contributed by atoms with Crippen LogP contribution in [0, 0.1) is 11.7 Å². The molecule has 0 saturated heterocycles. The first-order valence-electron chi connectivity index (χ1n) is 9.14. The zero-order chi connectivity index (χ0) is 19.8. The highest BCUT2D eigenvalue weighted by molar-refractivity contribution is 9.10. The van der Waals surface area contributed by atoms with Crippen molar-refractivity contribution < 1.29 is 13.9 Å². The second-order valence-corrected chi connectivity index (χ2v) is 7.93. The molecule has 0 aliphatic carbocycles. The van der Waals surface area contributed by atoms with Crippen LogP contribution in [0.5, 0.6) is 11.5 Å². The predicted octanol–water partition coefficient (Wildman–Crippen LogP) is 6.36. The predicted molar refractivity (Wildman–Crippen MR) is 112 cm³/mol. The largest absolute Gasteiger partial charge is 0.490 e. The van der Waals surface area contributed by atoms with Crippen LogP contribution in [0.1, 0.15) is 38.3 Å². The van der Waals surface area contributed by atoms with E-state index in [4.69, 9.17) is 21.1 Å². The molecule has 0 heterocycles. The number of rotatable bonds is 10. The molecule has 0 spiro atoms. The minimum Gasteiger partial charge on any atom is -0.490 e. The Bertz CT molecular complexity index is 735. The van der Waals surface area contributed by atoms with E-state index in [1.807, 2.05) is 19.1 Å². The van der Waals surface area contributed by atoms with Crippen LogP contribution in [0.4, 0.5) is 4.39 Å². The van der Waals surface area contributed by atoms with E-state index >= 15 is 0 Å². The van der Waals surface area contributed by atoms with Gasteiger partial charge in [0.2, 0.25) is 0 Å².